The summed E-state index contributed by atoms with van der Waals surface area (Å²) >= 11 is 0. The molecule has 0 aliphatic rings. The number of nitrogens with one attached hydrogen (secondary N) is 1. The number of carbonyl (C=O) groups is 1. The number of benzene rings is 1. The maximum absolute atomic E-state index is 13.2. The largest absolute Gasteiger partial charge is 0.445 e. The number of hydrogen-bond acceptors (Lipinski definition) is 5. The fourth-order valence-electron chi connectivity index (χ4n) is 1.82. The van der Waals surface area contributed by atoms with Gasteiger partial charge in [-0.25, -0.2) is 9.78 Å². The smallest absolute Gasteiger partial charge is 0.428 e. The molecule has 0 aliphatic heterocycles. The third kappa shape index (κ3) is 4.05. The Morgan fingerprint density at radius 2 is 2.00 bits per heavy atom. The number of nitrogens with zero attached hydrogens (tertiary/aromatic N) is 1. The van der Waals surface area contributed by atoms with Crippen LogP contribution in [0.1, 0.15) is 17.2 Å². The highest BCUT2D eigenvalue weighted by atomic mass is 19.4. The van der Waals surface area contributed by atoms with E-state index in [-0.39, 0.29) is 12.4 Å². The zero-order valence-electron chi connectivity index (χ0n) is 12.6. The van der Waals surface area contributed by atoms with Gasteiger partial charge in [0.2, 0.25) is 5.89 Å². The van der Waals surface area contributed by atoms with Crippen LogP contribution in [0.2, 0.25) is 0 Å². The standard InChI is InChI=1S/C15H15F3N2O4/c1-10-7-19-12(24-10)14(22,15(16,17)18)9-20-13(21)23-8-11-5-3-2-4-6-11/h2-7,22H,8-9H2,1H3,(H,20,21). The van der Waals surface area contributed by atoms with Gasteiger partial charge in [-0.3, -0.25) is 0 Å². The lowest BCUT2D eigenvalue weighted by Gasteiger charge is -2.27. The molecule has 0 spiro atoms. The Labute approximate surface area is 135 Å². The predicted octanol–water partition coefficient (Wildman–Crippen LogP) is 2.66. The van der Waals surface area contributed by atoms with Gasteiger partial charge in [0.05, 0.1) is 12.7 Å². The molecule has 0 radical (unpaired) electrons. The molecular weight excluding hydrogens is 329 g/mol. The van der Waals surface area contributed by atoms with Crippen molar-refractivity contribution in [2.75, 3.05) is 6.54 Å². The van der Waals surface area contributed by atoms with Crippen LogP contribution in [0.15, 0.2) is 40.9 Å². The second-order valence-electron chi connectivity index (χ2n) is 5.05. The lowest BCUT2D eigenvalue weighted by atomic mass is 10.0. The molecule has 1 atom stereocenters. The van der Waals surface area contributed by atoms with Crippen molar-refractivity contribution < 1.29 is 32.2 Å². The summed E-state index contributed by atoms with van der Waals surface area (Å²) in [6.45, 7) is 0.0775. The maximum Gasteiger partial charge on any atom is 0.428 e. The Kier molecular flexibility index (Phi) is 5.13. The highest BCUT2D eigenvalue weighted by Gasteiger charge is 2.58. The summed E-state index contributed by atoms with van der Waals surface area (Å²) in [4.78, 5) is 15.0. The second-order valence-corrected chi connectivity index (χ2v) is 5.05. The number of aliphatic hydroxyl groups is 1. The third-order valence-corrected chi connectivity index (χ3v) is 3.15. The first-order valence-corrected chi connectivity index (χ1v) is 6.89. The van der Waals surface area contributed by atoms with Gasteiger partial charge in [-0.05, 0) is 12.5 Å². The molecule has 9 heteroatoms. The Bertz CT molecular complexity index is 688. The van der Waals surface area contributed by atoms with E-state index in [4.69, 9.17) is 9.15 Å². The van der Waals surface area contributed by atoms with Crippen LogP contribution in [-0.4, -0.2) is 28.9 Å². The fourth-order valence-corrected chi connectivity index (χ4v) is 1.82. The summed E-state index contributed by atoms with van der Waals surface area (Å²) in [6, 6.07) is 8.60. The van der Waals surface area contributed by atoms with Gasteiger partial charge >= 0.3 is 12.3 Å². The van der Waals surface area contributed by atoms with Gasteiger partial charge in [-0.2, -0.15) is 13.2 Å². The van der Waals surface area contributed by atoms with E-state index < -0.39 is 30.3 Å². The Morgan fingerprint density at radius 1 is 1.33 bits per heavy atom. The molecule has 1 heterocycles. The Hall–Kier alpha value is -2.55. The summed E-state index contributed by atoms with van der Waals surface area (Å²) < 4.78 is 49.0. The molecule has 130 valence electrons. The molecule has 0 saturated carbocycles. The van der Waals surface area contributed by atoms with Crippen LogP contribution < -0.4 is 5.32 Å². The molecule has 2 rings (SSSR count). The first-order valence-electron chi connectivity index (χ1n) is 6.89. The van der Waals surface area contributed by atoms with Crippen LogP contribution in [-0.2, 0) is 16.9 Å². The van der Waals surface area contributed by atoms with Gasteiger partial charge in [-0.15, -0.1) is 0 Å². The predicted molar refractivity (Wildman–Crippen MR) is 75.8 cm³/mol. The topological polar surface area (TPSA) is 84.6 Å². The average molecular weight is 344 g/mol. The van der Waals surface area contributed by atoms with E-state index >= 15 is 0 Å². The molecule has 1 aromatic heterocycles. The van der Waals surface area contributed by atoms with E-state index in [1.807, 2.05) is 5.32 Å². The van der Waals surface area contributed by atoms with Gasteiger partial charge in [0, 0.05) is 0 Å². The molecule has 2 aromatic rings. The number of oxazole rings is 1. The molecule has 6 nitrogen and oxygen atoms in total. The van der Waals surface area contributed by atoms with E-state index in [0.29, 0.717) is 5.56 Å². The van der Waals surface area contributed by atoms with Crippen molar-refractivity contribution in [2.24, 2.45) is 0 Å². The quantitative estimate of drug-likeness (QED) is 0.871. The molecule has 24 heavy (non-hydrogen) atoms. The van der Waals surface area contributed by atoms with Crippen LogP contribution in [0.3, 0.4) is 0 Å². The molecule has 0 aliphatic carbocycles. The van der Waals surface area contributed by atoms with Crippen molar-refractivity contribution in [3.05, 3.63) is 53.7 Å². The number of halogens is 3. The first kappa shape index (κ1) is 17.8. The summed E-state index contributed by atoms with van der Waals surface area (Å²) in [5.41, 5.74) is -2.78. The normalized spacial score (nSPS) is 14.0. The number of alkyl carbamates (subject to hydrolysis) is 1. The second kappa shape index (κ2) is 6.91. The molecular formula is C15H15F3N2O4. The average Bonchev–Trinajstić information content (AvgIpc) is 2.97. The van der Waals surface area contributed by atoms with Gasteiger partial charge in [0.25, 0.3) is 5.60 Å². The molecule has 1 amide bonds. The van der Waals surface area contributed by atoms with E-state index in [1.54, 1.807) is 30.3 Å². The minimum atomic E-state index is -5.10. The lowest BCUT2D eigenvalue weighted by Crippen LogP contribution is -2.51. The minimum Gasteiger partial charge on any atom is -0.445 e. The van der Waals surface area contributed by atoms with E-state index in [0.717, 1.165) is 6.20 Å². The zero-order valence-corrected chi connectivity index (χ0v) is 12.6. The monoisotopic (exact) mass is 344 g/mol. The van der Waals surface area contributed by atoms with Gasteiger partial charge in [-0.1, -0.05) is 30.3 Å². The van der Waals surface area contributed by atoms with Crippen molar-refractivity contribution in [3.8, 4) is 0 Å². The number of carbonyl (C=O) groups excluding carboxylic acids is 1. The van der Waals surface area contributed by atoms with Gasteiger partial charge < -0.3 is 19.6 Å². The number of aryl methyl sites for hydroxylation is 1. The van der Waals surface area contributed by atoms with Crippen molar-refractivity contribution in [1.82, 2.24) is 10.3 Å². The molecule has 1 unspecified atom stereocenters. The van der Waals surface area contributed by atoms with Crippen LogP contribution in [0.5, 0.6) is 0 Å². The van der Waals surface area contributed by atoms with E-state index in [9.17, 15) is 23.1 Å². The van der Waals surface area contributed by atoms with Gasteiger partial charge in [0.15, 0.2) is 0 Å². The summed E-state index contributed by atoms with van der Waals surface area (Å²) in [5.74, 6) is -0.852. The minimum absolute atomic E-state index is 0.0966. The van der Waals surface area contributed by atoms with E-state index in [2.05, 4.69) is 4.98 Å². The van der Waals surface area contributed by atoms with Crippen LogP contribution in [0, 0.1) is 6.92 Å². The number of aromatic nitrogens is 1. The van der Waals surface area contributed by atoms with Crippen molar-refractivity contribution in [3.63, 3.8) is 0 Å². The number of hydrogen-bond donors (Lipinski definition) is 2. The zero-order chi connectivity index (χ0) is 17.8. The Morgan fingerprint density at radius 3 is 2.54 bits per heavy atom. The van der Waals surface area contributed by atoms with Crippen LogP contribution in [0.4, 0.5) is 18.0 Å². The van der Waals surface area contributed by atoms with Crippen LogP contribution in [0.25, 0.3) is 0 Å². The van der Waals surface area contributed by atoms with E-state index in [1.165, 1.54) is 6.92 Å². The third-order valence-electron chi connectivity index (χ3n) is 3.15. The highest BCUT2D eigenvalue weighted by molar-refractivity contribution is 5.67. The SMILES string of the molecule is Cc1cnc(C(O)(CNC(=O)OCc2ccccc2)C(F)(F)F)o1. The molecule has 2 N–H and O–H groups in total. The fraction of sp³-hybridized carbons (Fsp3) is 0.333. The summed E-state index contributed by atoms with van der Waals surface area (Å²) in [7, 11) is 0. The number of alkyl halides is 3. The van der Waals surface area contributed by atoms with Crippen LogP contribution >= 0.6 is 0 Å². The number of ether oxygens (including phenoxy) is 1. The molecule has 1 aromatic carbocycles. The lowest BCUT2D eigenvalue weighted by molar-refractivity contribution is -0.271. The molecule has 0 fully saturated rings. The number of rotatable bonds is 5. The maximum atomic E-state index is 13.2. The summed E-state index contributed by atoms with van der Waals surface area (Å²) in [5, 5.41) is 11.8. The number of amides is 1. The van der Waals surface area contributed by atoms with Crippen molar-refractivity contribution >= 4 is 6.09 Å². The van der Waals surface area contributed by atoms with Crippen molar-refractivity contribution in [1.29, 1.82) is 0 Å². The first-order chi connectivity index (χ1) is 11.2. The van der Waals surface area contributed by atoms with Gasteiger partial charge in [0.1, 0.15) is 12.4 Å². The highest BCUT2D eigenvalue weighted by Crippen LogP contribution is 2.38. The molecule has 0 bridgehead atoms. The molecule has 0 saturated heterocycles. The van der Waals surface area contributed by atoms with Crippen molar-refractivity contribution in [2.45, 2.75) is 25.3 Å². The summed E-state index contributed by atoms with van der Waals surface area (Å²) in [6.07, 6.45) is -5.17. The Balaban J connectivity index is 1.99.